The highest BCUT2D eigenvalue weighted by Crippen LogP contribution is 2.26. The van der Waals surface area contributed by atoms with E-state index < -0.39 is 18.1 Å². The summed E-state index contributed by atoms with van der Waals surface area (Å²) in [5.74, 6) is -1.04. The highest BCUT2D eigenvalue weighted by molar-refractivity contribution is 6.04. The lowest BCUT2D eigenvalue weighted by Gasteiger charge is -2.23. The first-order valence-corrected chi connectivity index (χ1v) is 8.11. The average Bonchev–Trinajstić information content (AvgIpc) is 3.33. The van der Waals surface area contributed by atoms with E-state index in [0.29, 0.717) is 5.39 Å². The number of rotatable bonds is 4. The summed E-state index contributed by atoms with van der Waals surface area (Å²) in [7, 11) is 0. The van der Waals surface area contributed by atoms with E-state index >= 15 is 0 Å². The van der Waals surface area contributed by atoms with Gasteiger partial charge in [-0.1, -0.05) is 23.4 Å². The number of amides is 2. The Bertz CT molecular complexity index is 982. The summed E-state index contributed by atoms with van der Waals surface area (Å²) >= 11 is 0. The molecule has 0 radical (unpaired) electrons. The Labute approximate surface area is 146 Å². The molecule has 2 aromatic heterocycles. The number of aromatic amines is 1. The molecule has 0 bridgehead atoms. The number of benzene rings is 1. The van der Waals surface area contributed by atoms with Crippen LogP contribution in [0.3, 0.4) is 0 Å². The number of nitrogens with two attached hydrogens (primary N) is 1. The fourth-order valence-corrected chi connectivity index (χ4v) is 3.26. The van der Waals surface area contributed by atoms with Crippen LogP contribution in [0.1, 0.15) is 27.4 Å². The Hall–Kier alpha value is -3.30. The number of para-hydroxylation sites is 1. The normalized spacial score (nSPS) is 20.0. The molecule has 2 atom stereocenters. The van der Waals surface area contributed by atoms with Crippen LogP contribution in [0.5, 0.6) is 0 Å². The molecule has 4 rings (SSSR count). The second-order valence-electron chi connectivity index (χ2n) is 6.25. The van der Waals surface area contributed by atoms with E-state index in [1.165, 1.54) is 15.8 Å². The molecule has 0 spiro atoms. The van der Waals surface area contributed by atoms with Gasteiger partial charge < -0.3 is 10.6 Å². The van der Waals surface area contributed by atoms with E-state index in [0.717, 1.165) is 5.52 Å². The number of nitrogens with one attached hydrogen (secondary N) is 1. The van der Waals surface area contributed by atoms with Crippen molar-refractivity contribution in [3.05, 3.63) is 41.9 Å². The third-order valence-corrected chi connectivity index (χ3v) is 4.49. The number of nitrogens with zero attached hydrogens (tertiary/aromatic N) is 5. The molecule has 2 amide bonds. The molecule has 134 valence electrons. The number of carbonyl (C=O) groups is 2. The minimum Gasteiger partial charge on any atom is -0.364 e. The molecular formula is C16H16FN7O2. The fraction of sp³-hybridized carbons (Fsp3) is 0.312. The highest BCUT2D eigenvalue weighted by atomic mass is 19.1. The van der Waals surface area contributed by atoms with Crippen LogP contribution < -0.4 is 5.73 Å². The van der Waals surface area contributed by atoms with Crippen LogP contribution in [-0.2, 0) is 6.54 Å². The van der Waals surface area contributed by atoms with Crippen LogP contribution in [0.4, 0.5) is 4.39 Å². The number of fused-ring (bicyclic) bond motifs is 1. The second-order valence-corrected chi connectivity index (χ2v) is 6.25. The zero-order valence-corrected chi connectivity index (χ0v) is 13.7. The molecule has 10 heteroatoms. The first kappa shape index (κ1) is 16.2. The van der Waals surface area contributed by atoms with Crippen molar-refractivity contribution >= 4 is 22.7 Å². The number of carbonyl (C=O) groups excluding carboxylic acids is 2. The van der Waals surface area contributed by atoms with E-state index in [1.807, 2.05) is 18.2 Å². The van der Waals surface area contributed by atoms with Gasteiger partial charge in [0.2, 0.25) is 0 Å². The third kappa shape index (κ3) is 2.79. The average molecular weight is 357 g/mol. The van der Waals surface area contributed by atoms with Crippen LogP contribution in [0.15, 0.2) is 30.5 Å². The molecule has 3 heterocycles. The van der Waals surface area contributed by atoms with Crippen LogP contribution >= 0.6 is 0 Å². The van der Waals surface area contributed by atoms with E-state index in [-0.39, 0.29) is 36.8 Å². The lowest BCUT2D eigenvalue weighted by molar-refractivity contribution is 0.0710. The minimum absolute atomic E-state index is 0.0118. The summed E-state index contributed by atoms with van der Waals surface area (Å²) in [5, 5.41) is 15.1. The van der Waals surface area contributed by atoms with E-state index in [1.54, 1.807) is 6.07 Å². The molecule has 0 saturated carbocycles. The van der Waals surface area contributed by atoms with Gasteiger partial charge in [0.25, 0.3) is 11.8 Å². The van der Waals surface area contributed by atoms with Crippen molar-refractivity contribution in [2.45, 2.75) is 25.2 Å². The van der Waals surface area contributed by atoms with Crippen molar-refractivity contribution in [1.29, 1.82) is 0 Å². The summed E-state index contributed by atoms with van der Waals surface area (Å²) in [4.78, 5) is 25.5. The van der Waals surface area contributed by atoms with Crippen molar-refractivity contribution in [3.63, 3.8) is 0 Å². The summed E-state index contributed by atoms with van der Waals surface area (Å²) in [5.41, 5.74) is 6.18. The molecule has 0 aliphatic carbocycles. The predicted octanol–water partition coefficient (Wildman–Crippen LogP) is 0.506. The number of aromatic nitrogens is 5. The predicted molar refractivity (Wildman–Crippen MR) is 89.0 cm³/mol. The van der Waals surface area contributed by atoms with Crippen molar-refractivity contribution in [2.24, 2.45) is 5.73 Å². The van der Waals surface area contributed by atoms with Gasteiger partial charge in [0.15, 0.2) is 11.4 Å². The Kier molecular flexibility index (Phi) is 3.86. The molecule has 1 aliphatic rings. The van der Waals surface area contributed by atoms with Gasteiger partial charge >= 0.3 is 0 Å². The van der Waals surface area contributed by atoms with Crippen molar-refractivity contribution in [2.75, 3.05) is 6.54 Å². The molecule has 9 nitrogen and oxygen atoms in total. The summed E-state index contributed by atoms with van der Waals surface area (Å²) in [6.45, 7) is 0.205. The van der Waals surface area contributed by atoms with Crippen molar-refractivity contribution < 1.29 is 14.0 Å². The van der Waals surface area contributed by atoms with E-state index in [4.69, 9.17) is 5.73 Å². The van der Waals surface area contributed by atoms with Crippen molar-refractivity contribution in [1.82, 2.24) is 30.1 Å². The molecule has 3 aromatic rings. The van der Waals surface area contributed by atoms with Crippen LogP contribution in [0.25, 0.3) is 10.9 Å². The van der Waals surface area contributed by atoms with Gasteiger partial charge in [-0.2, -0.15) is 5.10 Å². The quantitative estimate of drug-likeness (QED) is 0.704. The molecular weight excluding hydrogens is 341 g/mol. The Morgan fingerprint density at radius 1 is 1.35 bits per heavy atom. The SMILES string of the molecule is NC(=O)c1cn(CC2CC(F)CN2C(=O)c2n[nH]c3ccccc23)nn1. The van der Waals surface area contributed by atoms with Gasteiger partial charge in [-0.25, -0.2) is 9.07 Å². The maximum absolute atomic E-state index is 14.0. The zero-order valence-electron chi connectivity index (χ0n) is 13.7. The molecule has 2 unspecified atom stereocenters. The Morgan fingerprint density at radius 2 is 2.15 bits per heavy atom. The summed E-state index contributed by atoms with van der Waals surface area (Å²) in [6.07, 6.45) is 0.439. The number of halogens is 1. The summed E-state index contributed by atoms with van der Waals surface area (Å²) < 4.78 is 15.4. The molecule has 1 fully saturated rings. The number of H-pyrrole nitrogens is 1. The van der Waals surface area contributed by atoms with Crippen LogP contribution in [0.2, 0.25) is 0 Å². The molecule has 1 aliphatic heterocycles. The van der Waals surface area contributed by atoms with Crippen LogP contribution in [-0.4, -0.2) is 60.7 Å². The third-order valence-electron chi connectivity index (χ3n) is 4.49. The number of primary amides is 1. The highest BCUT2D eigenvalue weighted by Gasteiger charge is 2.37. The monoisotopic (exact) mass is 357 g/mol. The molecule has 1 saturated heterocycles. The number of hydrogen-bond acceptors (Lipinski definition) is 5. The van der Waals surface area contributed by atoms with Crippen LogP contribution in [0, 0.1) is 0 Å². The number of likely N-dealkylation sites (tertiary alicyclic amines) is 1. The fourth-order valence-electron chi connectivity index (χ4n) is 3.26. The van der Waals surface area contributed by atoms with Gasteiger partial charge in [-0.3, -0.25) is 14.7 Å². The van der Waals surface area contributed by atoms with Gasteiger partial charge in [0.05, 0.1) is 30.8 Å². The first-order valence-electron chi connectivity index (χ1n) is 8.11. The van der Waals surface area contributed by atoms with Gasteiger partial charge in [0.1, 0.15) is 6.17 Å². The van der Waals surface area contributed by atoms with E-state index in [9.17, 15) is 14.0 Å². The minimum atomic E-state index is -1.13. The maximum Gasteiger partial charge on any atom is 0.275 e. The van der Waals surface area contributed by atoms with Gasteiger partial charge in [0, 0.05) is 11.8 Å². The zero-order chi connectivity index (χ0) is 18.3. The second kappa shape index (κ2) is 6.21. The molecule has 1 aromatic carbocycles. The standard InChI is InChI=1S/C16H16FN7O2/c17-9-5-10(7-23-8-13(15(18)25)20-22-23)24(6-9)16(26)14-11-3-1-2-4-12(11)19-21-14/h1-4,8-10H,5-7H2,(H2,18,25)(H,19,21). The topological polar surface area (TPSA) is 123 Å². The van der Waals surface area contributed by atoms with Crippen molar-refractivity contribution in [3.8, 4) is 0 Å². The smallest absolute Gasteiger partial charge is 0.275 e. The number of alkyl halides is 1. The maximum atomic E-state index is 14.0. The lowest BCUT2D eigenvalue weighted by atomic mass is 10.1. The summed E-state index contributed by atoms with van der Waals surface area (Å²) in [6, 6.07) is 6.84. The molecule has 26 heavy (non-hydrogen) atoms. The lowest BCUT2D eigenvalue weighted by Crippen LogP contribution is -2.38. The first-order chi connectivity index (χ1) is 12.5. The number of hydrogen-bond donors (Lipinski definition) is 2. The largest absolute Gasteiger partial charge is 0.364 e. The van der Waals surface area contributed by atoms with E-state index in [2.05, 4.69) is 20.5 Å². The molecule has 3 N–H and O–H groups in total. The Morgan fingerprint density at radius 3 is 2.92 bits per heavy atom. The Balaban J connectivity index is 1.59. The van der Waals surface area contributed by atoms with Gasteiger partial charge in [-0.05, 0) is 6.07 Å². The van der Waals surface area contributed by atoms with Gasteiger partial charge in [-0.15, -0.1) is 5.10 Å².